The maximum Gasteiger partial charge on any atom is 0.143 e. The highest BCUT2D eigenvalue weighted by Crippen LogP contribution is 2.40. The summed E-state index contributed by atoms with van der Waals surface area (Å²) in [6.07, 6.45) is 3.43. The van der Waals surface area contributed by atoms with Crippen molar-refractivity contribution in [3.05, 3.63) is 53.7 Å². The lowest BCUT2D eigenvalue weighted by atomic mass is 10.1. The lowest BCUT2D eigenvalue weighted by molar-refractivity contribution is 0.270. The second-order valence-electron chi connectivity index (χ2n) is 6.25. The number of rotatable bonds is 4. The molecule has 0 saturated heterocycles. The summed E-state index contributed by atoms with van der Waals surface area (Å²) in [4.78, 5) is 9.64. The van der Waals surface area contributed by atoms with Gasteiger partial charge in [-0.15, -0.1) is 11.3 Å². The average Bonchev–Trinajstić information content (AvgIpc) is 3.26. The number of nitrogens with one attached hydrogen (secondary N) is 1. The molecule has 5 rings (SSSR count). The second kappa shape index (κ2) is 6.66. The van der Waals surface area contributed by atoms with E-state index in [1.165, 1.54) is 18.5 Å². The van der Waals surface area contributed by atoms with Gasteiger partial charge in [0, 0.05) is 27.4 Å². The van der Waals surface area contributed by atoms with Crippen LogP contribution >= 0.6 is 22.9 Å². The van der Waals surface area contributed by atoms with E-state index in [1.807, 2.05) is 18.3 Å². The van der Waals surface area contributed by atoms with E-state index in [1.54, 1.807) is 22.1 Å². The van der Waals surface area contributed by atoms with Gasteiger partial charge in [0.25, 0.3) is 0 Å². The van der Waals surface area contributed by atoms with Crippen molar-refractivity contribution in [1.29, 1.82) is 0 Å². The lowest BCUT2D eigenvalue weighted by Crippen LogP contribution is -2.01. The monoisotopic (exact) mass is 413 g/mol. The molecular formula is C19H13ClFN5OS. The Morgan fingerprint density at radius 2 is 2.07 bits per heavy atom. The van der Waals surface area contributed by atoms with Crippen molar-refractivity contribution in [3.8, 4) is 0 Å². The van der Waals surface area contributed by atoms with Crippen LogP contribution in [0.1, 0.15) is 0 Å². The summed E-state index contributed by atoms with van der Waals surface area (Å²) in [6.45, 7) is 0.475. The molecule has 3 heterocycles. The number of nitrogens with zero attached hydrogens (tertiary/aromatic N) is 4. The zero-order valence-corrected chi connectivity index (χ0v) is 15.9. The molecule has 0 bridgehead atoms. The van der Waals surface area contributed by atoms with E-state index < -0.39 is 5.82 Å². The number of thiophene rings is 1. The van der Waals surface area contributed by atoms with Gasteiger partial charge in [0.2, 0.25) is 0 Å². The molecule has 2 N–H and O–H groups in total. The molecule has 0 spiro atoms. The lowest BCUT2D eigenvalue weighted by Gasteiger charge is -2.07. The SMILES string of the molecule is OCCn1cc2c(ccc3c2sc2ncnc(Nc4ccc(F)c(Cl)c4)c23)n1. The molecule has 0 amide bonds. The molecule has 9 heteroatoms. The van der Waals surface area contributed by atoms with Gasteiger partial charge in [-0.05, 0) is 24.3 Å². The van der Waals surface area contributed by atoms with Crippen molar-refractivity contribution in [2.45, 2.75) is 6.54 Å². The maximum atomic E-state index is 13.4. The third-order valence-corrected chi connectivity index (χ3v) is 5.92. The van der Waals surface area contributed by atoms with Crippen molar-refractivity contribution in [2.24, 2.45) is 0 Å². The third kappa shape index (κ3) is 2.77. The molecule has 28 heavy (non-hydrogen) atoms. The van der Waals surface area contributed by atoms with Gasteiger partial charge in [-0.3, -0.25) is 4.68 Å². The Bertz CT molecular complexity index is 1350. The first-order valence-corrected chi connectivity index (χ1v) is 9.70. The third-order valence-electron chi connectivity index (χ3n) is 4.48. The predicted octanol–water partition coefficient (Wildman–Crippen LogP) is 4.72. The van der Waals surface area contributed by atoms with Gasteiger partial charge in [0.1, 0.15) is 22.8 Å². The molecular weight excluding hydrogens is 401 g/mol. The number of fused-ring (bicyclic) bond motifs is 5. The molecule has 2 aromatic carbocycles. The summed E-state index contributed by atoms with van der Waals surface area (Å²) in [7, 11) is 0. The summed E-state index contributed by atoms with van der Waals surface area (Å²) < 4.78 is 16.2. The number of aliphatic hydroxyl groups excluding tert-OH is 1. The van der Waals surface area contributed by atoms with Crippen LogP contribution in [-0.2, 0) is 6.54 Å². The quantitative estimate of drug-likeness (QED) is 0.445. The molecule has 0 aliphatic carbocycles. The van der Waals surface area contributed by atoms with Crippen molar-refractivity contribution in [3.63, 3.8) is 0 Å². The van der Waals surface area contributed by atoms with Crippen molar-refractivity contribution >= 4 is 65.6 Å². The fourth-order valence-electron chi connectivity index (χ4n) is 3.23. The zero-order chi connectivity index (χ0) is 19.3. The molecule has 6 nitrogen and oxygen atoms in total. The van der Waals surface area contributed by atoms with Gasteiger partial charge < -0.3 is 10.4 Å². The van der Waals surface area contributed by atoms with Crippen molar-refractivity contribution in [1.82, 2.24) is 19.7 Å². The number of benzene rings is 2. The minimum absolute atomic E-state index is 0.0311. The summed E-state index contributed by atoms with van der Waals surface area (Å²) >= 11 is 7.45. The van der Waals surface area contributed by atoms with Crippen LogP contribution in [-0.4, -0.2) is 31.5 Å². The van der Waals surface area contributed by atoms with Crippen LogP contribution in [0.3, 0.4) is 0 Å². The molecule has 140 valence electrons. The van der Waals surface area contributed by atoms with E-state index in [0.29, 0.717) is 18.1 Å². The molecule has 0 radical (unpaired) electrons. The topological polar surface area (TPSA) is 75.9 Å². The summed E-state index contributed by atoms with van der Waals surface area (Å²) in [5.41, 5.74) is 1.50. The van der Waals surface area contributed by atoms with E-state index in [0.717, 1.165) is 31.2 Å². The average molecular weight is 414 g/mol. The van der Waals surface area contributed by atoms with Crippen LogP contribution in [0.2, 0.25) is 5.02 Å². The number of hydrogen-bond donors (Lipinski definition) is 2. The first-order valence-electron chi connectivity index (χ1n) is 8.50. The fraction of sp³-hybridized carbons (Fsp3) is 0.105. The molecule has 0 aliphatic heterocycles. The van der Waals surface area contributed by atoms with E-state index in [-0.39, 0.29) is 11.6 Å². The Morgan fingerprint density at radius 3 is 2.89 bits per heavy atom. The summed E-state index contributed by atoms with van der Waals surface area (Å²) in [6, 6.07) is 8.40. The van der Waals surface area contributed by atoms with Gasteiger partial charge in [0.05, 0.1) is 29.1 Å². The maximum absolute atomic E-state index is 13.4. The van der Waals surface area contributed by atoms with Gasteiger partial charge in [0.15, 0.2) is 0 Å². The van der Waals surface area contributed by atoms with Crippen LogP contribution in [0.5, 0.6) is 0 Å². The van der Waals surface area contributed by atoms with Gasteiger partial charge in [-0.1, -0.05) is 17.7 Å². The first-order chi connectivity index (χ1) is 13.6. The van der Waals surface area contributed by atoms with Crippen LogP contribution in [0, 0.1) is 5.82 Å². The standard InChI is InChI=1S/C19H13ClFN5OS/c20-13-7-10(1-3-14(13)21)24-18-16-11-2-4-15-12(8-26(25-15)5-6-27)17(11)28-19(16)23-9-22-18/h1-4,7-9,27H,5-6H2,(H,22,23,24). The number of anilines is 2. The normalized spacial score (nSPS) is 11.7. The van der Waals surface area contributed by atoms with Crippen LogP contribution in [0.4, 0.5) is 15.9 Å². The number of hydrogen-bond acceptors (Lipinski definition) is 6. The Morgan fingerprint density at radius 1 is 1.18 bits per heavy atom. The Kier molecular flexibility index (Phi) is 4.12. The number of halogens is 2. The number of aliphatic hydroxyl groups is 1. The molecule has 5 aromatic rings. The van der Waals surface area contributed by atoms with E-state index in [4.69, 9.17) is 16.7 Å². The summed E-state index contributed by atoms with van der Waals surface area (Å²) in [5.74, 6) is 0.157. The molecule has 0 aliphatic rings. The highest BCUT2D eigenvalue weighted by Gasteiger charge is 2.16. The predicted molar refractivity (Wildman–Crippen MR) is 110 cm³/mol. The van der Waals surface area contributed by atoms with E-state index >= 15 is 0 Å². The minimum atomic E-state index is -0.469. The molecule has 0 saturated carbocycles. The molecule has 0 fully saturated rings. The van der Waals surface area contributed by atoms with E-state index in [2.05, 4.69) is 20.4 Å². The molecule has 0 atom stereocenters. The largest absolute Gasteiger partial charge is 0.394 e. The highest BCUT2D eigenvalue weighted by atomic mass is 35.5. The minimum Gasteiger partial charge on any atom is -0.394 e. The molecule has 0 unspecified atom stereocenters. The summed E-state index contributed by atoms with van der Waals surface area (Å²) in [5, 5.41) is 19.8. The first kappa shape index (κ1) is 17.3. The van der Waals surface area contributed by atoms with Gasteiger partial charge in [-0.25, -0.2) is 14.4 Å². The van der Waals surface area contributed by atoms with Gasteiger partial charge >= 0.3 is 0 Å². The smallest absolute Gasteiger partial charge is 0.143 e. The van der Waals surface area contributed by atoms with Crippen LogP contribution in [0.25, 0.3) is 31.2 Å². The van der Waals surface area contributed by atoms with Crippen LogP contribution < -0.4 is 5.32 Å². The zero-order valence-electron chi connectivity index (χ0n) is 14.4. The highest BCUT2D eigenvalue weighted by molar-refractivity contribution is 7.26. The van der Waals surface area contributed by atoms with Crippen LogP contribution in [0.15, 0.2) is 42.9 Å². The molecule has 3 aromatic heterocycles. The Balaban J connectivity index is 1.70. The Hall–Kier alpha value is -2.81. The van der Waals surface area contributed by atoms with E-state index in [9.17, 15) is 4.39 Å². The Labute approximate surface area is 167 Å². The number of aromatic nitrogens is 4. The second-order valence-corrected chi connectivity index (χ2v) is 7.66. The van der Waals surface area contributed by atoms with Gasteiger partial charge in [-0.2, -0.15) is 5.10 Å². The fourth-order valence-corrected chi connectivity index (χ4v) is 4.56. The van der Waals surface area contributed by atoms with Crippen molar-refractivity contribution in [2.75, 3.05) is 11.9 Å². The van der Waals surface area contributed by atoms with Crippen molar-refractivity contribution < 1.29 is 9.50 Å².